The maximum Gasteiger partial charge on any atom is 0.335 e. The lowest BCUT2D eigenvalue weighted by atomic mass is 10.1. The van der Waals surface area contributed by atoms with Crippen LogP contribution < -0.4 is 5.32 Å². The summed E-state index contributed by atoms with van der Waals surface area (Å²) in [4.78, 5) is 36.5. The summed E-state index contributed by atoms with van der Waals surface area (Å²) in [6, 6.07) is 20.8. The average molecular weight is 426 g/mol. The van der Waals surface area contributed by atoms with Crippen LogP contribution in [0.2, 0.25) is 0 Å². The van der Waals surface area contributed by atoms with E-state index in [4.69, 9.17) is 5.11 Å². The Kier molecular flexibility index (Phi) is 7.39. The summed E-state index contributed by atoms with van der Waals surface area (Å²) in [5, 5.41) is 11.7. The molecule has 3 rings (SSSR count). The van der Waals surface area contributed by atoms with Gasteiger partial charge in [-0.3, -0.25) is 4.79 Å². The fourth-order valence-electron chi connectivity index (χ4n) is 3.01. The molecule has 3 aromatic carbocycles. The molecule has 0 fully saturated rings. The molecule has 6 nitrogen and oxygen atoms in total. The van der Waals surface area contributed by atoms with E-state index in [2.05, 4.69) is 17.2 Å². The molecule has 2 amide bonds. The first-order valence-electron chi connectivity index (χ1n) is 9.92. The molecular weight excluding hydrogens is 404 g/mol. The summed E-state index contributed by atoms with van der Waals surface area (Å²) < 4.78 is 0. The Balaban J connectivity index is 1.63. The number of carboxylic acid groups (broad SMARTS) is 1. The normalized spacial score (nSPS) is 9.91. The first-order valence-corrected chi connectivity index (χ1v) is 9.92. The number of carboxylic acids is 1. The number of aldehydes is 1. The molecule has 0 aliphatic carbocycles. The SMILES string of the molecule is CN(Cc1ccc(C(=O)O)cc1)C(=O)Nc1ccc(C#CCc2ccccc2)cc1C=O. The van der Waals surface area contributed by atoms with Crippen LogP contribution in [0.5, 0.6) is 0 Å². The van der Waals surface area contributed by atoms with Gasteiger partial charge in [-0.25, -0.2) is 9.59 Å². The third-order valence-electron chi connectivity index (χ3n) is 4.76. The molecule has 0 aliphatic heterocycles. The molecule has 2 N–H and O–H groups in total. The van der Waals surface area contributed by atoms with E-state index in [1.165, 1.54) is 17.0 Å². The zero-order chi connectivity index (χ0) is 22.9. The van der Waals surface area contributed by atoms with E-state index in [0.717, 1.165) is 11.1 Å². The van der Waals surface area contributed by atoms with Gasteiger partial charge in [-0.15, -0.1) is 0 Å². The van der Waals surface area contributed by atoms with Gasteiger partial charge in [-0.1, -0.05) is 54.3 Å². The van der Waals surface area contributed by atoms with Gasteiger partial charge in [0.1, 0.15) is 0 Å². The van der Waals surface area contributed by atoms with Crippen molar-refractivity contribution >= 4 is 24.0 Å². The number of carbonyl (C=O) groups excluding carboxylic acids is 2. The first-order chi connectivity index (χ1) is 15.5. The number of urea groups is 1. The highest BCUT2D eigenvalue weighted by atomic mass is 16.4. The minimum atomic E-state index is -1.00. The van der Waals surface area contributed by atoms with Crippen LogP contribution in [0.4, 0.5) is 10.5 Å². The van der Waals surface area contributed by atoms with Gasteiger partial charge in [0, 0.05) is 31.1 Å². The topological polar surface area (TPSA) is 86.7 Å². The predicted molar refractivity (Wildman–Crippen MR) is 123 cm³/mol. The van der Waals surface area contributed by atoms with Crippen molar-refractivity contribution in [1.29, 1.82) is 0 Å². The third-order valence-corrected chi connectivity index (χ3v) is 4.76. The van der Waals surface area contributed by atoms with Gasteiger partial charge in [0.25, 0.3) is 0 Å². The number of amides is 2. The Morgan fingerprint density at radius 1 is 1.00 bits per heavy atom. The second kappa shape index (κ2) is 10.6. The molecule has 32 heavy (non-hydrogen) atoms. The Bertz CT molecular complexity index is 1180. The molecule has 0 radical (unpaired) electrons. The molecule has 0 atom stereocenters. The van der Waals surface area contributed by atoms with Crippen LogP contribution in [0.15, 0.2) is 72.8 Å². The number of benzene rings is 3. The molecule has 0 bridgehead atoms. The Morgan fingerprint density at radius 3 is 2.38 bits per heavy atom. The van der Waals surface area contributed by atoms with Crippen LogP contribution in [0.25, 0.3) is 0 Å². The van der Waals surface area contributed by atoms with Crippen LogP contribution in [0.3, 0.4) is 0 Å². The Hall–Kier alpha value is -4.37. The fourth-order valence-corrected chi connectivity index (χ4v) is 3.01. The third kappa shape index (κ3) is 6.07. The van der Waals surface area contributed by atoms with Gasteiger partial charge in [0.05, 0.1) is 11.3 Å². The van der Waals surface area contributed by atoms with Crippen molar-refractivity contribution in [3.05, 3.63) is 101 Å². The number of rotatable bonds is 6. The maximum atomic E-state index is 12.6. The molecule has 0 saturated carbocycles. The van der Waals surface area contributed by atoms with Crippen molar-refractivity contribution in [2.75, 3.05) is 12.4 Å². The second-order valence-electron chi connectivity index (χ2n) is 7.17. The quantitative estimate of drug-likeness (QED) is 0.450. The zero-order valence-electron chi connectivity index (χ0n) is 17.5. The summed E-state index contributed by atoms with van der Waals surface area (Å²) in [5.74, 6) is 5.13. The number of aromatic carboxylic acids is 1. The highest BCUT2D eigenvalue weighted by molar-refractivity contribution is 5.95. The highest BCUT2D eigenvalue weighted by Gasteiger charge is 2.12. The van der Waals surface area contributed by atoms with E-state index in [9.17, 15) is 14.4 Å². The molecule has 0 aliphatic rings. The van der Waals surface area contributed by atoms with E-state index in [1.54, 1.807) is 37.4 Å². The number of anilines is 1. The van der Waals surface area contributed by atoms with Crippen molar-refractivity contribution in [3.8, 4) is 11.8 Å². The Labute approximate surface area is 186 Å². The monoisotopic (exact) mass is 426 g/mol. The molecule has 3 aromatic rings. The van der Waals surface area contributed by atoms with Gasteiger partial charge >= 0.3 is 12.0 Å². The van der Waals surface area contributed by atoms with Gasteiger partial charge in [0.2, 0.25) is 0 Å². The molecule has 0 unspecified atom stereocenters. The average Bonchev–Trinajstić information content (AvgIpc) is 2.81. The van der Waals surface area contributed by atoms with Crippen molar-refractivity contribution in [2.45, 2.75) is 13.0 Å². The molecule has 0 spiro atoms. The number of hydrogen-bond acceptors (Lipinski definition) is 3. The van der Waals surface area contributed by atoms with E-state index in [-0.39, 0.29) is 12.1 Å². The minimum Gasteiger partial charge on any atom is -0.478 e. The zero-order valence-corrected chi connectivity index (χ0v) is 17.5. The van der Waals surface area contributed by atoms with Gasteiger partial charge in [-0.05, 0) is 41.5 Å². The Morgan fingerprint density at radius 2 is 1.72 bits per heavy atom. The molecular formula is C26H22N2O4. The molecule has 160 valence electrons. The van der Waals surface area contributed by atoms with Gasteiger partial charge < -0.3 is 15.3 Å². The molecule has 0 heterocycles. The lowest BCUT2D eigenvalue weighted by molar-refractivity contribution is 0.0696. The van der Waals surface area contributed by atoms with Crippen LogP contribution in [0.1, 0.15) is 37.4 Å². The van der Waals surface area contributed by atoms with Crippen LogP contribution >= 0.6 is 0 Å². The molecule has 0 saturated heterocycles. The summed E-state index contributed by atoms with van der Waals surface area (Å²) >= 11 is 0. The van der Waals surface area contributed by atoms with Crippen molar-refractivity contribution in [2.24, 2.45) is 0 Å². The summed E-state index contributed by atoms with van der Waals surface area (Å²) in [6.45, 7) is 0.283. The van der Waals surface area contributed by atoms with E-state index >= 15 is 0 Å². The lowest BCUT2D eigenvalue weighted by Crippen LogP contribution is -2.31. The van der Waals surface area contributed by atoms with Crippen molar-refractivity contribution in [1.82, 2.24) is 4.90 Å². The fraction of sp³-hybridized carbons (Fsp3) is 0.115. The lowest BCUT2D eigenvalue weighted by Gasteiger charge is -2.19. The number of nitrogens with one attached hydrogen (secondary N) is 1. The summed E-state index contributed by atoms with van der Waals surface area (Å²) in [5.41, 5.74) is 3.50. The highest BCUT2D eigenvalue weighted by Crippen LogP contribution is 2.17. The summed E-state index contributed by atoms with van der Waals surface area (Å²) in [7, 11) is 1.62. The van der Waals surface area contributed by atoms with Crippen molar-refractivity contribution < 1.29 is 19.5 Å². The number of hydrogen-bond donors (Lipinski definition) is 2. The number of carbonyl (C=O) groups is 3. The maximum absolute atomic E-state index is 12.6. The largest absolute Gasteiger partial charge is 0.478 e. The van der Waals surface area contributed by atoms with Crippen molar-refractivity contribution in [3.63, 3.8) is 0 Å². The minimum absolute atomic E-state index is 0.184. The predicted octanol–water partition coefficient (Wildman–Crippen LogP) is 4.46. The number of nitrogens with zero attached hydrogens (tertiary/aromatic N) is 1. The molecule has 6 heteroatoms. The second-order valence-corrected chi connectivity index (χ2v) is 7.17. The van der Waals surface area contributed by atoms with Crippen LogP contribution in [0, 0.1) is 11.8 Å². The standard InChI is InChI=1S/C26H22N2O4/c1-28(17-21-10-13-22(14-11-21)25(30)31)26(32)27-24-15-12-20(16-23(24)18-29)9-5-8-19-6-3-2-4-7-19/h2-4,6-7,10-16,18H,8,17H2,1H3,(H,27,32)(H,30,31). The van der Waals surface area contributed by atoms with E-state index in [1.807, 2.05) is 30.3 Å². The first kappa shape index (κ1) is 22.3. The molecule has 0 aromatic heterocycles. The smallest absolute Gasteiger partial charge is 0.335 e. The van der Waals surface area contributed by atoms with Gasteiger partial charge in [0.15, 0.2) is 6.29 Å². The van der Waals surface area contributed by atoms with Crippen LogP contribution in [-0.2, 0) is 13.0 Å². The van der Waals surface area contributed by atoms with E-state index < -0.39 is 12.0 Å². The van der Waals surface area contributed by atoms with Gasteiger partial charge in [-0.2, -0.15) is 0 Å². The summed E-state index contributed by atoms with van der Waals surface area (Å²) in [6.07, 6.45) is 1.29. The van der Waals surface area contributed by atoms with E-state index in [0.29, 0.717) is 29.5 Å². The van der Waals surface area contributed by atoms with Crippen LogP contribution in [-0.4, -0.2) is 35.3 Å².